The van der Waals surface area contributed by atoms with Crippen LogP contribution in [0.1, 0.15) is 17.5 Å². The van der Waals surface area contributed by atoms with Gasteiger partial charge in [-0.05, 0) is 35.0 Å². The number of carbonyl (C=O) groups is 1. The van der Waals surface area contributed by atoms with Gasteiger partial charge in [-0.2, -0.15) is 0 Å². The van der Waals surface area contributed by atoms with Crippen LogP contribution in [0.4, 0.5) is 0 Å². The van der Waals surface area contributed by atoms with E-state index in [1.165, 1.54) is 0 Å². The van der Waals surface area contributed by atoms with Gasteiger partial charge in [-0.3, -0.25) is 4.79 Å². The zero-order valence-corrected chi connectivity index (χ0v) is 10.1. The summed E-state index contributed by atoms with van der Waals surface area (Å²) in [4.78, 5) is 13.8. The number of hydrogen-bond acceptors (Lipinski definition) is 3. The van der Waals surface area contributed by atoms with Crippen LogP contribution < -0.4 is 5.32 Å². The molecule has 0 spiro atoms. The number of nitrogens with one attached hydrogen (secondary N) is 1. The predicted octanol–water partition coefficient (Wildman–Crippen LogP) is 1.48. The van der Waals surface area contributed by atoms with Crippen LogP contribution in [-0.2, 0) is 0 Å². The summed E-state index contributed by atoms with van der Waals surface area (Å²) in [6.45, 7) is 4.45. The highest BCUT2D eigenvalue weighted by molar-refractivity contribution is 9.10. The van der Waals surface area contributed by atoms with Crippen molar-refractivity contribution in [1.82, 2.24) is 10.2 Å². The third kappa shape index (κ3) is 2.23. The van der Waals surface area contributed by atoms with Gasteiger partial charge >= 0.3 is 0 Å². The molecule has 2 heterocycles. The normalized spacial score (nSPS) is 21.7. The molecule has 1 aliphatic rings. The van der Waals surface area contributed by atoms with Gasteiger partial charge in [-0.1, -0.05) is 0 Å². The SMILES string of the molecule is C[C@H]1CNCCN1C(=O)c1ccc(Br)o1. The quantitative estimate of drug-likeness (QED) is 0.843. The van der Waals surface area contributed by atoms with Crippen molar-refractivity contribution >= 4 is 21.8 Å². The van der Waals surface area contributed by atoms with E-state index in [2.05, 4.69) is 21.2 Å². The molecule has 2 rings (SSSR count). The van der Waals surface area contributed by atoms with E-state index in [1.54, 1.807) is 12.1 Å². The van der Waals surface area contributed by atoms with Gasteiger partial charge in [0.2, 0.25) is 0 Å². The van der Waals surface area contributed by atoms with Crippen molar-refractivity contribution in [2.45, 2.75) is 13.0 Å². The lowest BCUT2D eigenvalue weighted by Gasteiger charge is -2.33. The van der Waals surface area contributed by atoms with Gasteiger partial charge in [-0.25, -0.2) is 0 Å². The second-order valence-electron chi connectivity index (χ2n) is 3.66. The van der Waals surface area contributed by atoms with Crippen LogP contribution in [-0.4, -0.2) is 36.5 Å². The Kier molecular flexibility index (Phi) is 3.11. The van der Waals surface area contributed by atoms with E-state index in [4.69, 9.17) is 4.42 Å². The van der Waals surface area contributed by atoms with Crippen molar-refractivity contribution < 1.29 is 9.21 Å². The van der Waals surface area contributed by atoms with Crippen molar-refractivity contribution in [3.63, 3.8) is 0 Å². The highest BCUT2D eigenvalue weighted by atomic mass is 79.9. The van der Waals surface area contributed by atoms with Gasteiger partial charge in [-0.15, -0.1) is 0 Å². The molecule has 1 N–H and O–H groups in total. The van der Waals surface area contributed by atoms with Gasteiger partial charge in [0.1, 0.15) is 0 Å². The molecule has 0 aromatic carbocycles. The summed E-state index contributed by atoms with van der Waals surface area (Å²) in [5, 5.41) is 3.24. The average molecular weight is 273 g/mol. The summed E-state index contributed by atoms with van der Waals surface area (Å²) in [7, 11) is 0. The summed E-state index contributed by atoms with van der Waals surface area (Å²) in [5.41, 5.74) is 0. The minimum absolute atomic E-state index is 0.0327. The standard InChI is InChI=1S/C10H13BrN2O2/c1-7-6-12-4-5-13(7)10(14)8-2-3-9(11)15-8/h2-3,7,12H,4-6H2,1H3/t7-/m0/s1. The Morgan fingerprint density at radius 3 is 3.07 bits per heavy atom. The maximum Gasteiger partial charge on any atom is 0.289 e. The molecular weight excluding hydrogens is 260 g/mol. The minimum Gasteiger partial charge on any atom is -0.444 e. The molecule has 1 aliphatic heterocycles. The summed E-state index contributed by atoms with van der Waals surface area (Å²) in [5.74, 6) is 0.366. The molecule has 5 heteroatoms. The molecule has 82 valence electrons. The Hall–Kier alpha value is -0.810. The van der Waals surface area contributed by atoms with Crippen molar-refractivity contribution in [1.29, 1.82) is 0 Å². The fourth-order valence-corrected chi connectivity index (χ4v) is 2.02. The number of rotatable bonds is 1. The van der Waals surface area contributed by atoms with E-state index in [-0.39, 0.29) is 11.9 Å². The third-order valence-corrected chi connectivity index (χ3v) is 2.97. The van der Waals surface area contributed by atoms with E-state index < -0.39 is 0 Å². The highest BCUT2D eigenvalue weighted by Gasteiger charge is 2.25. The van der Waals surface area contributed by atoms with Gasteiger partial charge in [0.25, 0.3) is 5.91 Å². The second-order valence-corrected chi connectivity index (χ2v) is 4.44. The molecule has 1 fully saturated rings. The molecule has 1 aromatic rings. The van der Waals surface area contributed by atoms with Crippen molar-refractivity contribution in [2.75, 3.05) is 19.6 Å². The molecule has 0 aliphatic carbocycles. The molecule has 15 heavy (non-hydrogen) atoms. The van der Waals surface area contributed by atoms with Crippen LogP contribution in [0.3, 0.4) is 0 Å². The number of furan rings is 1. The fraction of sp³-hybridized carbons (Fsp3) is 0.500. The Balaban J connectivity index is 2.13. The van der Waals surface area contributed by atoms with Gasteiger partial charge in [0, 0.05) is 25.7 Å². The van der Waals surface area contributed by atoms with Crippen LogP contribution in [0.5, 0.6) is 0 Å². The highest BCUT2D eigenvalue weighted by Crippen LogP contribution is 2.17. The molecule has 0 bridgehead atoms. The van der Waals surface area contributed by atoms with E-state index >= 15 is 0 Å². The lowest BCUT2D eigenvalue weighted by Crippen LogP contribution is -2.52. The largest absolute Gasteiger partial charge is 0.444 e. The molecule has 1 amide bonds. The first-order chi connectivity index (χ1) is 7.18. The second kappa shape index (κ2) is 4.37. The van der Waals surface area contributed by atoms with Crippen LogP contribution in [0.2, 0.25) is 0 Å². The van der Waals surface area contributed by atoms with E-state index in [1.807, 2.05) is 11.8 Å². The predicted molar refractivity (Wildman–Crippen MR) is 59.8 cm³/mol. The molecule has 1 atom stereocenters. The molecule has 1 saturated heterocycles. The van der Waals surface area contributed by atoms with Crippen LogP contribution in [0.25, 0.3) is 0 Å². The average Bonchev–Trinajstić information content (AvgIpc) is 2.65. The first-order valence-electron chi connectivity index (χ1n) is 4.95. The third-order valence-electron chi connectivity index (χ3n) is 2.55. The minimum atomic E-state index is -0.0327. The maximum atomic E-state index is 12.0. The Labute approximate surface area is 96.7 Å². The van der Waals surface area contributed by atoms with E-state index in [0.717, 1.165) is 19.6 Å². The fourth-order valence-electron chi connectivity index (χ4n) is 1.71. The molecule has 4 nitrogen and oxygen atoms in total. The summed E-state index contributed by atoms with van der Waals surface area (Å²) in [6, 6.07) is 3.65. The van der Waals surface area contributed by atoms with Gasteiger partial charge < -0.3 is 14.6 Å². The molecule has 0 radical (unpaired) electrons. The number of halogens is 1. The van der Waals surface area contributed by atoms with E-state index in [0.29, 0.717) is 10.4 Å². The van der Waals surface area contributed by atoms with Gasteiger partial charge in [0.05, 0.1) is 0 Å². The number of carbonyl (C=O) groups excluding carboxylic acids is 1. The van der Waals surface area contributed by atoms with Crippen LogP contribution in [0, 0.1) is 0 Å². The molecular formula is C10H13BrN2O2. The number of nitrogens with zero attached hydrogens (tertiary/aromatic N) is 1. The summed E-state index contributed by atoms with van der Waals surface area (Å²) in [6.07, 6.45) is 0. The van der Waals surface area contributed by atoms with Gasteiger partial charge in [0.15, 0.2) is 10.4 Å². The van der Waals surface area contributed by atoms with E-state index in [9.17, 15) is 4.79 Å². The Morgan fingerprint density at radius 1 is 1.67 bits per heavy atom. The smallest absolute Gasteiger partial charge is 0.289 e. The van der Waals surface area contributed by atoms with Crippen LogP contribution >= 0.6 is 15.9 Å². The van der Waals surface area contributed by atoms with Crippen molar-refractivity contribution in [2.24, 2.45) is 0 Å². The zero-order valence-electron chi connectivity index (χ0n) is 8.50. The number of amides is 1. The first kappa shape index (κ1) is 10.7. The first-order valence-corrected chi connectivity index (χ1v) is 5.75. The van der Waals surface area contributed by atoms with Crippen molar-refractivity contribution in [3.8, 4) is 0 Å². The molecule has 0 saturated carbocycles. The summed E-state index contributed by atoms with van der Waals surface area (Å²) >= 11 is 3.19. The number of hydrogen-bond donors (Lipinski definition) is 1. The van der Waals surface area contributed by atoms with Crippen molar-refractivity contribution in [3.05, 3.63) is 22.6 Å². The summed E-state index contributed by atoms with van der Waals surface area (Å²) < 4.78 is 5.84. The zero-order chi connectivity index (χ0) is 10.8. The topological polar surface area (TPSA) is 45.5 Å². The molecule has 1 aromatic heterocycles. The van der Waals surface area contributed by atoms with Crippen LogP contribution in [0.15, 0.2) is 21.2 Å². The Bertz CT molecular complexity index is 364. The molecule has 0 unspecified atom stereocenters. The lowest BCUT2D eigenvalue weighted by molar-refractivity contribution is 0.0622. The lowest BCUT2D eigenvalue weighted by atomic mass is 10.2. The monoisotopic (exact) mass is 272 g/mol. The number of piperazine rings is 1. The Morgan fingerprint density at radius 2 is 2.47 bits per heavy atom. The maximum absolute atomic E-state index is 12.0.